The van der Waals surface area contributed by atoms with E-state index in [0.29, 0.717) is 6.54 Å². The highest BCUT2D eigenvalue weighted by Gasteiger charge is 2.12. The first kappa shape index (κ1) is 15.4. The molecule has 21 heavy (non-hydrogen) atoms. The van der Waals surface area contributed by atoms with E-state index in [1.165, 1.54) is 0 Å². The first-order valence-corrected chi connectivity index (χ1v) is 7.17. The SMILES string of the molecule is Cc1c(Cl)cccc1NCc1ccc(C(C)C(=O)O)cc1. The number of carboxylic acids is 1. The molecule has 2 rings (SSSR count). The van der Waals surface area contributed by atoms with Gasteiger partial charge in [0.2, 0.25) is 0 Å². The van der Waals surface area contributed by atoms with Gasteiger partial charge in [-0.2, -0.15) is 0 Å². The van der Waals surface area contributed by atoms with Crippen LogP contribution in [0.25, 0.3) is 0 Å². The predicted molar refractivity (Wildman–Crippen MR) is 86.0 cm³/mol. The molecule has 1 atom stereocenters. The summed E-state index contributed by atoms with van der Waals surface area (Å²) >= 11 is 6.09. The molecule has 0 aromatic heterocycles. The molecule has 2 N–H and O–H groups in total. The van der Waals surface area contributed by atoms with Crippen LogP contribution in [-0.2, 0) is 11.3 Å². The van der Waals surface area contributed by atoms with Gasteiger partial charge in [0.25, 0.3) is 0 Å². The number of carbonyl (C=O) groups is 1. The van der Waals surface area contributed by atoms with Gasteiger partial charge in [-0.15, -0.1) is 0 Å². The van der Waals surface area contributed by atoms with Gasteiger partial charge < -0.3 is 10.4 Å². The van der Waals surface area contributed by atoms with E-state index >= 15 is 0 Å². The Labute approximate surface area is 129 Å². The molecule has 0 aliphatic carbocycles. The van der Waals surface area contributed by atoms with E-state index in [9.17, 15) is 4.79 Å². The van der Waals surface area contributed by atoms with Crippen LogP contribution in [0.15, 0.2) is 42.5 Å². The summed E-state index contributed by atoms with van der Waals surface area (Å²) < 4.78 is 0. The summed E-state index contributed by atoms with van der Waals surface area (Å²) in [5, 5.41) is 13.1. The summed E-state index contributed by atoms with van der Waals surface area (Å²) in [5.74, 6) is -1.29. The van der Waals surface area contributed by atoms with Crippen molar-refractivity contribution in [3.63, 3.8) is 0 Å². The maximum atomic E-state index is 10.9. The Morgan fingerprint density at radius 1 is 1.24 bits per heavy atom. The van der Waals surface area contributed by atoms with Crippen LogP contribution in [0.1, 0.15) is 29.5 Å². The van der Waals surface area contributed by atoms with E-state index < -0.39 is 11.9 Å². The van der Waals surface area contributed by atoms with Crippen LogP contribution in [0.4, 0.5) is 5.69 Å². The molecule has 0 saturated heterocycles. The van der Waals surface area contributed by atoms with Gasteiger partial charge in [-0.3, -0.25) is 4.79 Å². The van der Waals surface area contributed by atoms with Gasteiger partial charge in [0.1, 0.15) is 0 Å². The number of halogens is 1. The molecule has 0 heterocycles. The summed E-state index contributed by atoms with van der Waals surface area (Å²) in [6, 6.07) is 13.4. The van der Waals surface area contributed by atoms with Crippen molar-refractivity contribution >= 4 is 23.3 Å². The topological polar surface area (TPSA) is 49.3 Å². The molecular weight excluding hydrogens is 286 g/mol. The van der Waals surface area contributed by atoms with Gasteiger partial charge in [-0.25, -0.2) is 0 Å². The van der Waals surface area contributed by atoms with Crippen molar-refractivity contribution in [1.29, 1.82) is 0 Å². The van der Waals surface area contributed by atoms with E-state index in [4.69, 9.17) is 16.7 Å². The Hall–Kier alpha value is -2.00. The zero-order chi connectivity index (χ0) is 15.4. The second-order valence-corrected chi connectivity index (χ2v) is 5.47. The highest BCUT2D eigenvalue weighted by Crippen LogP contribution is 2.23. The van der Waals surface area contributed by atoms with Crippen LogP contribution in [0.3, 0.4) is 0 Å². The number of nitrogens with one attached hydrogen (secondary N) is 1. The van der Waals surface area contributed by atoms with Crippen molar-refractivity contribution in [2.45, 2.75) is 26.3 Å². The fraction of sp³-hybridized carbons (Fsp3) is 0.235. The Morgan fingerprint density at radius 2 is 1.90 bits per heavy atom. The van der Waals surface area contributed by atoms with Crippen LogP contribution in [-0.4, -0.2) is 11.1 Å². The van der Waals surface area contributed by atoms with Crippen LogP contribution in [0.2, 0.25) is 5.02 Å². The molecule has 0 radical (unpaired) electrons. The molecule has 0 amide bonds. The maximum absolute atomic E-state index is 10.9. The molecule has 2 aromatic rings. The van der Waals surface area contributed by atoms with Crippen molar-refractivity contribution in [3.05, 3.63) is 64.2 Å². The summed E-state index contributed by atoms with van der Waals surface area (Å²) in [4.78, 5) is 10.9. The average Bonchev–Trinajstić information content (AvgIpc) is 2.48. The van der Waals surface area contributed by atoms with E-state index in [1.807, 2.05) is 49.4 Å². The van der Waals surface area contributed by atoms with Crippen molar-refractivity contribution in [3.8, 4) is 0 Å². The first-order valence-electron chi connectivity index (χ1n) is 6.79. The van der Waals surface area contributed by atoms with Gasteiger partial charge in [-0.1, -0.05) is 41.9 Å². The van der Waals surface area contributed by atoms with Gasteiger partial charge in [-0.05, 0) is 42.7 Å². The Morgan fingerprint density at radius 3 is 2.52 bits per heavy atom. The molecule has 4 heteroatoms. The minimum atomic E-state index is -0.810. The second kappa shape index (κ2) is 6.64. The first-order chi connectivity index (χ1) is 9.99. The number of rotatable bonds is 5. The smallest absolute Gasteiger partial charge is 0.310 e. The van der Waals surface area contributed by atoms with Gasteiger partial charge in [0, 0.05) is 17.3 Å². The van der Waals surface area contributed by atoms with Crippen molar-refractivity contribution < 1.29 is 9.90 Å². The third kappa shape index (κ3) is 3.76. The third-order valence-electron chi connectivity index (χ3n) is 3.60. The van der Waals surface area contributed by atoms with Crippen LogP contribution in [0.5, 0.6) is 0 Å². The lowest BCUT2D eigenvalue weighted by atomic mass is 10.00. The number of benzene rings is 2. The standard InChI is InChI=1S/C17H18ClNO2/c1-11(17(20)21)14-8-6-13(7-9-14)10-19-16-5-3-4-15(18)12(16)2/h3-9,11,19H,10H2,1-2H3,(H,20,21). The number of hydrogen-bond acceptors (Lipinski definition) is 2. The number of carboxylic acid groups (broad SMARTS) is 1. The molecule has 0 spiro atoms. The number of aliphatic carboxylic acids is 1. The van der Waals surface area contributed by atoms with Gasteiger partial charge >= 0.3 is 5.97 Å². The zero-order valence-corrected chi connectivity index (χ0v) is 12.8. The average molecular weight is 304 g/mol. The monoisotopic (exact) mass is 303 g/mol. The molecule has 0 saturated carbocycles. The highest BCUT2D eigenvalue weighted by molar-refractivity contribution is 6.31. The second-order valence-electron chi connectivity index (χ2n) is 5.07. The summed E-state index contributed by atoms with van der Waals surface area (Å²) in [6.45, 7) is 4.33. The van der Waals surface area contributed by atoms with Gasteiger partial charge in [0.05, 0.1) is 5.92 Å². The number of hydrogen-bond donors (Lipinski definition) is 2. The summed E-state index contributed by atoms with van der Waals surface area (Å²) in [5.41, 5.74) is 3.93. The molecule has 2 aromatic carbocycles. The molecular formula is C17H18ClNO2. The molecule has 0 fully saturated rings. The summed E-state index contributed by atoms with van der Waals surface area (Å²) in [6.07, 6.45) is 0. The Kier molecular flexibility index (Phi) is 4.86. The fourth-order valence-electron chi connectivity index (χ4n) is 2.06. The van der Waals surface area contributed by atoms with Crippen LogP contribution < -0.4 is 5.32 Å². The summed E-state index contributed by atoms with van der Waals surface area (Å²) in [7, 11) is 0. The van der Waals surface area contributed by atoms with E-state index in [0.717, 1.165) is 27.4 Å². The number of anilines is 1. The molecule has 1 unspecified atom stereocenters. The quantitative estimate of drug-likeness (QED) is 0.858. The largest absolute Gasteiger partial charge is 0.481 e. The van der Waals surface area contributed by atoms with Crippen molar-refractivity contribution in [2.75, 3.05) is 5.32 Å². The van der Waals surface area contributed by atoms with E-state index in [2.05, 4.69) is 5.32 Å². The zero-order valence-electron chi connectivity index (χ0n) is 12.1. The molecule has 0 aliphatic rings. The van der Waals surface area contributed by atoms with Crippen molar-refractivity contribution in [2.24, 2.45) is 0 Å². The van der Waals surface area contributed by atoms with Crippen LogP contribution >= 0.6 is 11.6 Å². The Balaban J connectivity index is 2.04. The molecule has 0 aliphatic heterocycles. The van der Waals surface area contributed by atoms with E-state index in [1.54, 1.807) is 6.92 Å². The predicted octanol–water partition coefficient (Wildman–Crippen LogP) is 4.45. The maximum Gasteiger partial charge on any atom is 0.310 e. The van der Waals surface area contributed by atoms with Gasteiger partial charge in [0.15, 0.2) is 0 Å². The van der Waals surface area contributed by atoms with E-state index in [-0.39, 0.29) is 0 Å². The van der Waals surface area contributed by atoms with Crippen LogP contribution in [0, 0.1) is 6.92 Å². The minimum absolute atomic E-state index is 0.484. The molecule has 110 valence electrons. The third-order valence-corrected chi connectivity index (χ3v) is 4.01. The Bertz CT molecular complexity index is 638. The van der Waals surface area contributed by atoms with Crippen molar-refractivity contribution in [1.82, 2.24) is 0 Å². The highest BCUT2D eigenvalue weighted by atomic mass is 35.5. The fourth-order valence-corrected chi connectivity index (χ4v) is 2.24. The minimum Gasteiger partial charge on any atom is -0.481 e. The molecule has 0 bridgehead atoms. The lowest BCUT2D eigenvalue weighted by Crippen LogP contribution is -2.07. The lowest BCUT2D eigenvalue weighted by Gasteiger charge is -2.12. The molecule has 3 nitrogen and oxygen atoms in total. The lowest BCUT2D eigenvalue weighted by molar-refractivity contribution is -0.138. The normalized spacial score (nSPS) is 12.0.